The predicted octanol–water partition coefficient (Wildman–Crippen LogP) is 3.99. The van der Waals surface area contributed by atoms with Crippen molar-refractivity contribution < 1.29 is 0 Å². The third-order valence-corrected chi connectivity index (χ3v) is 2.39. The number of hydrogen-bond donors (Lipinski definition) is 1. The smallest absolute Gasteiger partial charge is 0.0499 e. The van der Waals surface area contributed by atoms with Gasteiger partial charge in [-0.25, -0.2) is 0 Å². The van der Waals surface area contributed by atoms with Gasteiger partial charge in [0.2, 0.25) is 0 Å². The van der Waals surface area contributed by atoms with E-state index in [-0.39, 0.29) is 0 Å². The molecule has 0 aliphatic carbocycles. The second kappa shape index (κ2) is 3.44. The summed E-state index contributed by atoms with van der Waals surface area (Å²) in [5.41, 5.74) is 2.06. The Balaban J connectivity index is 2.53. The highest BCUT2D eigenvalue weighted by Crippen LogP contribution is 2.29. The molecule has 66 valence electrons. The predicted molar refractivity (Wildman–Crippen MR) is 56.2 cm³/mol. The van der Waals surface area contributed by atoms with Crippen molar-refractivity contribution in [2.45, 2.75) is 0 Å². The highest BCUT2D eigenvalue weighted by atomic mass is 35.5. The van der Waals surface area contributed by atoms with Crippen LogP contribution in [-0.2, 0) is 0 Å². The van der Waals surface area contributed by atoms with Crippen molar-refractivity contribution in [3.05, 3.63) is 46.7 Å². The Hall–Kier alpha value is -0.920. The van der Waals surface area contributed by atoms with Gasteiger partial charge in [0.1, 0.15) is 0 Å². The quantitative estimate of drug-likeness (QED) is 0.735. The number of aromatic amines is 1. The molecule has 0 atom stereocenters. The molecule has 0 unspecified atom stereocenters. The molecule has 1 N–H and O–H groups in total. The standard InChI is InChI=1S/C10H7Cl2N/c11-8-1-2-9(10(12)5-8)7-3-4-13-6-7/h1-6,13H. The van der Waals surface area contributed by atoms with Crippen molar-refractivity contribution in [1.82, 2.24) is 4.98 Å². The summed E-state index contributed by atoms with van der Waals surface area (Å²) in [6.45, 7) is 0. The maximum absolute atomic E-state index is 6.02. The molecule has 0 fully saturated rings. The highest BCUT2D eigenvalue weighted by Gasteiger charge is 2.03. The fraction of sp³-hybridized carbons (Fsp3) is 0. The average molecular weight is 212 g/mol. The molecule has 0 aliphatic heterocycles. The van der Waals surface area contributed by atoms with Gasteiger partial charge in [0, 0.05) is 33.6 Å². The van der Waals surface area contributed by atoms with Gasteiger partial charge in [-0.05, 0) is 18.2 Å². The minimum atomic E-state index is 0.657. The Morgan fingerprint density at radius 1 is 1.08 bits per heavy atom. The molecular formula is C10H7Cl2N. The molecule has 13 heavy (non-hydrogen) atoms. The van der Waals surface area contributed by atoms with Crippen molar-refractivity contribution in [2.24, 2.45) is 0 Å². The molecule has 1 aromatic carbocycles. The summed E-state index contributed by atoms with van der Waals surface area (Å²) in [5.74, 6) is 0. The first-order valence-corrected chi connectivity index (χ1v) is 4.61. The van der Waals surface area contributed by atoms with E-state index in [1.165, 1.54) is 0 Å². The van der Waals surface area contributed by atoms with E-state index < -0.39 is 0 Å². The Morgan fingerprint density at radius 3 is 2.54 bits per heavy atom. The molecule has 3 heteroatoms. The van der Waals surface area contributed by atoms with E-state index in [0.717, 1.165) is 11.1 Å². The van der Waals surface area contributed by atoms with E-state index >= 15 is 0 Å². The van der Waals surface area contributed by atoms with Crippen LogP contribution in [0.3, 0.4) is 0 Å². The Bertz CT molecular complexity index is 407. The lowest BCUT2D eigenvalue weighted by molar-refractivity contribution is 1.41. The van der Waals surface area contributed by atoms with Gasteiger partial charge in [0.15, 0.2) is 0 Å². The molecule has 0 bridgehead atoms. The zero-order chi connectivity index (χ0) is 9.26. The number of hydrogen-bond acceptors (Lipinski definition) is 0. The highest BCUT2D eigenvalue weighted by molar-refractivity contribution is 6.36. The van der Waals surface area contributed by atoms with E-state index in [2.05, 4.69) is 4.98 Å². The minimum Gasteiger partial charge on any atom is -0.367 e. The van der Waals surface area contributed by atoms with Crippen LogP contribution in [0.2, 0.25) is 10.0 Å². The molecule has 0 spiro atoms. The largest absolute Gasteiger partial charge is 0.367 e. The molecule has 2 aromatic rings. The van der Waals surface area contributed by atoms with Gasteiger partial charge in [-0.2, -0.15) is 0 Å². The number of halogens is 2. The van der Waals surface area contributed by atoms with Gasteiger partial charge in [-0.1, -0.05) is 29.3 Å². The lowest BCUT2D eigenvalue weighted by Crippen LogP contribution is -1.75. The second-order valence-electron chi connectivity index (χ2n) is 2.72. The van der Waals surface area contributed by atoms with E-state index in [9.17, 15) is 0 Å². The average Bonchev–Trinajstić information content (AvgIpc) is 2.56. The van der Waals surface area contributed by atoms with Crippen LogP contribution in [0.25, 0.3) is 11.1 Å². The second-order valence-corrected chi connectivity index (χ2v) is 3.57. The molecule has 0 saturated carbocycles. The van der Waals surface area contributed by atoms with E-state index in [1.54, 1.807) is 6.07 Å². The monoisotopic (exact) mass is 211 g/mol. The van der Waals surface area contributed by atoms with Crippen molar-refractivity contribution in [1.29, 1.82) is 0 Å². The van der Waals surface area contributed by atoms with Crippen LogP contribution in [-0.4, -0.2) is 4.98 Å². The Morgan fingerprint density at radius 2 is 1.92 bits per heavy atom. The fourth-order valence-electron chi connectivity index (χ4n) is 1.22. The molecule has 0 saturated heterocycles. The SMILES string of the molecule is Clc1ccc(-c2cc[nH]c2)c(Cl)c1. The molecular weight excluding hydrogens is 205 g/mol. The molecule has 2 rings (SSSR count). The van der Waals surface area contributed by atoms with Crippen LogP contribution < -0.4 is 0 Å². The topological polar surface area (TPSA) is 15.8 Å². The summed E-state index contributed by atoms with van der Waals surface area (Å²) >= 11 is 11.8. The van der Waals surface area contributed by atoms with Crippen LogP contribution in [0, 0.1) is 0 Å². The summed E-state index contributed by atoms with van der Waals surface area (Å²) in [4.78, 5) is 2.98. The number of nitrogens with one attached hydrogen (secondary N) is 1. The molecule has 1 nitrogen and oxygen atoms in total. The normalized spacial score (nSPS) is 10.3. The molecule has 0 amide bonds. The molecule has 0 radical (unpaired) electrons. The summed E-state index contributed by atoms with van der Waals surface area (Å²) in [6, 6.07) is 7.45. The molecule has 0 aliphatic rings. The first-order chi connectivity index (χ1) is 6.27. The van der Waals surface area contributed by atoms with Gasteiger partial charge in [0.25, 0.3) is 0 Å². The number of rotatable bonds is 1. The van der Waals surface area contributed by atoms with E-state index in [0.29, 0.717) is 10.0 Å². The van der Waals surface area contributed by atoms with Crippen molar-refractivity contribution in [2.75, 3.05) is 0 Å². The minimum absolute atomic E-state index is 0.657. The van der Waals surface area contributed by atoms with Gasteiger partial charge >= 0.3 is 0 Å². The molecule has 1 heterocycles. The zero-order valence-corrected chi connectivity index (χ0v) is 8.23. The van der Waals surface area contributed by atoms with Crippen molar-refractivity contribution >= 4 is 23.2 Å². The Labute approximate surface area is 86.3 Å². The number of aromatic nitrogens is 1. The summed E-state index contributed by atoms with van der Waals surface area (Å²) < 4.78 is 0. The van der Waals surface area contributed by atoms with E-state index in [1.807, 2.05) is 30.6 Å². The number of H-pyrrole nitrogens is 1. The van der Waals surface area contributed by atoms with Crippen LogP contribution in [0.15, 0.2) is 36.7 Å². The zero-order valence-electron chi connectivity index (χ0n) is 6.72. The van der Waals surface area contributed by atoms with Gasteiger partial charge in [-0.3, -0.25) is 0 Å². The molecule has 1 aromatic heterocycles. The summed E-state index contributed by atoms with van der Waals surface area (Å²) in [6.07, 6.45) is 3.76. The summed E-state index contributed by atoms with van der Waals surface area (Å²) in [5, 5.41) is 1.33. The van der Waals surface area contributed by atoms with Crippen LogP contribution in [0.4, 0.5) is 0 Å². The first kappa shape index (κ1) is 8.67. The number of benzene rings is 1. The van der Waals surface area contributed by atoms with Crippen molar-refractivity contribution in [3.63, 3.8) is 0 Å². The van der Waals surface area contributed by atoms with Crippen LogP contribution in [0.5, 0.6) is 0 Å². The van der Waals surface area contributed by atoms with Gasteiger partial charge in [-0.15, -0.1) is 0 Å². The maximum atomic E-state index is 6.02. The first-order valence-electron chi connectivity index (χ1n) is 3.85. The van der Waals surface area contributed by atoms with E-state index in [4.69, 9.17) is 23.2 Å². The third-order valence-electron chi connectivity index (χ3n) is 1.84. The lowest BCUT2D eigenvalue weighted by Gasteiger charge is -2.01. The van der Waals surface area contributed by atoms with Crippen LogP contribution in [0.1, 0.15) is 0 Å². The third kappa shape index (κ3) is 1.71. The van der Waals surface area contributed by atoms with Crippen LogP contribution >= 0.6 is 23.2 Å². The van der Waals surface area contributed by atoms with Gasteiger partial charge < -0.3 is 4.98 Å². The Kier molecular flexibility index (Phi) is 2.30. The lowest BCUT2D eigenvalue weighted by atomic mass is 10.1. The van der Waals surface area contributed by atoms with Gasteiger partial charge in [0.05, 0.1) is 0 Å². The maximum Gasteiger partial charge on any atom is 0.0499 e. The summed E-state index contributed by atoms with van der Waals surface area (Å²) in [7, 11) is 0. The van der Waals surface area contributed by atoms with Crippen molar-refractivity contribution in [3.8, 4) is 11.1 Å². The fourth-order valence-corrected chi connectivity index (χ4v) is 1.73.